The number of aromatic nitrogens is 2. The largest absolute Gasteiger partial charge is 0.493 e. The van der Waals surface area contributed by atoms with Crippen molar-refractivity contribution < 1.29 is 19.4 Å². The molecule has 0 aliphatic rings. The Balaban J connectivity index is 2.14. The quantitative estimate of drug-likeness (QED) is 0.380. The molecule has 8 nitrogen and oxygen atoms in total. The molecule has 10 heteroatoms. The molecule has 0 bridgehead atoms. The lowest BCUT2D eigenvalue weighted by molar-refractivity contribution is 0.0697. The Labute approximate surface area is 187 Å². The van der Waals surface area contributed by atoms with Crippen LogP contribution in [0.2, 0.25) is 5.02 Å². The number of methoxy groups -OCH3 is 2. The first-order valence-corrected chi connectivity index (χ1v) is 10.4. The molecule has 0 atom stereocenters. The Hall–Kier alpha value is -3.48. The van der Waals surface area contributed by atoms with Gasteiger partial charge in [0, 0.05) is 11.3 Å². The lowest BCUT2D eigenvalue weighted by Crippen LogP contribution is -2.05. The number of anilines is 2. The van der Waals surface area contributed by atoms with Crippen molar-refractivity contribution in [2.75, 3.05) is 25.8 Å². The molecule has 1 heterocycles. The number of carboxylic acids is 1. The van der Waals surface area contributed by atoms with E-state index in [1.807, 2.05) is 6.26 Å². The number of hydrogen-bond donors (Lipinski definition) is 2. The number of aromatic carboxylic acids is 1. The number of halogens is 1. The van der Waals surface area contributed by atoms with Crippen LogP contribution < -0.4 is 14.8 Å². The second-order valence-electron chi connectivity index (χ2n) is 6.09. The third kappa shape index (κ3) is 4.66. The molecule has 0 fully saturated rings. The average molecular weight is 457 g/mol. The number of nitrogens with zero attached hydrogens (tertiary/aromatic N) is 3. The molecule has 3 aromatic rings. The van der Waals surface area contributed by atoms with Crippen LogP contribution in [0.5, 0.6) is 11.5 Å². The molecular weight excluding hydrogens is 440 g/mol. The van der Waals surface area contributed by atoms with E-state index < -0.39 is 5.97 Å². The Morgan fingerprint density at radius 2 is 1.90 bits per heavy atom. The van der Waals surface area contributed by atoms with Gasteiger partial charge in [-0.05, 0) is 42.7 Å². The van der Waals surface area contributed by atoms with Crippen LogP contribution in [0.15, 0.2) is 41.6 Å². The van der Waals surface area contributed by atoms with Crippen molar-refractivity contribution in [3.05, 3.63) is 52.5 Å². The number of nitrogens with one attached hydrogen (secondary N) is 1. The molecule has 1 aromatic heterocycles. The van der Waals surface area contributed by atoms with Crippen LogP contribution in [0.25, 0.3) is 11.3 Å². The lowest BCUT2D eigenvalue weighted by atomic mass is 10.1. The fourth-order valence-electron chi connectivity index (χ4n) is 2.82. The van der Waals surface area contributed by atoms with Crippen LogP contribution >= 0.6 is 23.4 Å². The molecule has 0 radical (unpaired) electrons. The second kappa shape index (κ2) is 9.55. The maximum Gasteiger partial charge on any atom is 0.337 e. The topological polar surface area (TPSA) is 117 Å². The summed E-state index contributed by atoms with van der Waals surface area (Å²) in [6, 6.07) is 11.8. The van der Waals surface area contributed by atoms with Crippen molar-refractivity contribution in [2.24, 2.45) is 0 Å². The molecule has 3 rings (SSSR count). The number of nitriles is 1. The van der Waals surface area contributed by atoms with Gasteiger partial charge in [0.25, 0.3) is 0 Å². The summed E-state index contributed by atoms with van der Waals surface area (Å²) in [6.07, 6.45) is 1.81. The minimum Gasteiger partial charge on any atom is -0.493 e. The molecule has 0 unspecified atom stereocenters. The predicted octanol–water partition coefficient (Wildman–Crippen LogP) is 4.85. The summed E-state index contributed by atoms with van der Waals surface area (Å²) in [4.78, 5) is 20.3. The highest BCUT2D eigenvalue weighted by molar-refractivity contribution is 7.98. The van der Waals surface area contributed by atoms with E-state index in [9.17, 15) is 15.2 Å². The third-order valence-electron chi connectivity index (χ3n) is 4.30. The van der Waals surface area contributed by atoms with Gasteiger partial charge in [-0.15, -0.1) is 0 Å². The number of carboxylic acid groups (broad SMARTS) is 1. The first-order chi connectivity index (χ1) is 14.9. The average Bonchev–Trinajstić information content (AvgIpc) is 2.78. The van der Waals surface area contributed by atoms with E-state index in [1.54, 1.807) is 24.3 Å². The van der Waals surface area contributed by atoms with Gasteiger partial charge in [0.05, 0.1) is 30.5 Å². The van der Waals surface area contributed by atoms with E-state index in [-0.39, 0.29) is 22.0 Å². The van der Waals surface area contributed by atoms with Crippen molar-refractivity contribution in [1.82, 2.24) is 9.97 Å². The summed E-state index contributed by atoms with van der Waals surface area (Å²) in [6.45, 7) is 0. The van der Waals surface area contributed by atoms with Crippen LogP contribution in [-0.2, 0) is 0 Å². The van der Waals surface area contributed by atoms with Gasteiger partial charge in [-0.3, -0.25) is 0 Å². The second-order valence-corrected chi connectivity index (χ2v) is 7.27. The van der Waals surface area contributed by atoms with Gasteiger partial charge in [0.15, 0.2) is 22.5 Å². The Bertz CT molecular complexity index is 1200. The molecular formula is C21H17ClN4O4S. The van der Waals surface area contributed by atoms with E-state index in [2.05, 4.69) is 21.4 Å². The Morgan fingerprint density at radius 3 is 2.52 bits per heavy atom. The minimum absolute atomic E-state index is 0.0653. The predicted molar refractivity (Wildman–Crippen MR) is 119 cm³/mol. The molecule has 31 heavy (non-hydrogen) atoms. The van der Waals surface area contributed by atoms with Gasteiger partial charge in [-0.1, -0.05) is 23.4 Å². The van der Waals surface area contributed by atoms with E-state index in [1.165, 1.54) is 38.1 Å². The van der Waals surface area contributed by atoms with Crippen LogP contribution in [0.4, 0.5) is 11.5 Å². The number of ether oxygens (including phenoxy) is 2. The van der Waals surface area contributed by atoms with E-state index in [4.69, 9.17) is 21.1 Å². The summed E-state index contributed by atoms with van der Waals surface area (Å²) in [7, 11) is 3.06. The van der Waals surface area contributed by atoms with Gasteiger partial charge >= 0.3 is 5.97 Å². The molecule has 0 saturated heterocycles. The maximum atomic E-state index is 11.4. The number of hydrogen-bond acceptors (Lipinski definition) is 8. The van der Waals surface area contributed by atoms with E-state index >= 15 is 0 Å². The highest BCUT2D eigenvalue weighted by Crippen LogP contribution is 2.35. The van der Waals surface area contributed by atoms with Crippen molar-refractivity contribution in [2.45, 2.75) is 5.16 Å². The smallest absolute Gasteiger partial charge is 0.337 e. The molecule has 0 aliphatic carbocycles. The molecule has 0 saturated carbocycles. The van der Waals surface area contributed by atoms with E-state index in [0.717, 1.165) is 0 Å². The summed E-state index contributed by atoms with van der Waals surface area (Å²) in [5.74, 6) is 0.120. The summed E-state index contributed by atoms with van der Waals surface area (Å²) < 4.78 is 10.6. The third-order valence-corrected chi connectivity index (χ3v) is 5.18. The summed E-state index contributed by atoms with van der Waals surface area (Å²) in [5, 5.41) is 22.7. The molecule has 0 amide bonds. The van der Waals surface area contributed by atoms with Crippen molar-refractivity contribution in [3.63, 3.8) is 0 Å². The van der Waals surface area contributed by atoms with Crippen LogP contribution in [0.1, 0.15) is 15.9 Å². The fourth-order valence-corrected chi connectivity index (χ4v) is 3.39. The van der Waals surface area contributed by atoms with E-state index in [0.29, 0.717) is 33.6 Å². The normalized spacial score (nSPS) is 10.3. The van der Waals surface area contributed by atoms with Crippen molar-refractivity contribution >= 4 is 40.8 Å². The summed E-state index contributed by atoms with van der Waals surface area (Å²) >= 11 is 7.25. The fraction of sp³-hybridized carbons (Fsp3) is 0.143. The zero-order valence-electron chi connectivity index (χ0n) is 16.8. The van der Waals surface area contributed by atoms with Gasteiger partial charge in [-0.25, -0.2) is 14.8 Å². The zero-order chi connectivity index (χ0) is 22.5. The number of thioether (sulfide) groups is 1. The van der Waals surface area contributed by atoms with Crippen LogP contribution in [-0.4, -0.2) is 41.5 Å². The Kier molecular flexibility index (Phi) is 6.84. The lowest BCUT2D eigenvalue weighted by Gasteiger charge is -2.14. The molecule has 158 valence electrons. The SMILES string of the molecule is COc1ccc(-c2nc(SC)nc(Nc3ccc(Cl)c(C(=O)O)c3)c2C#N)cc1OC. The van der Waals surface area contributed by atoms with Crippen LogP contribution in [0.3, 0.4) is 0 Å². The van der Waals surface area contributed by atoms with Crippen LogP contribution in [0, 0.1) is 11.3 Å². The highest BCUT2D eigenvalue weighted by Gasteiger charge is 2.19. The molecule has 0 spiro atoms. The molecule has 2 N–H and O–H groups in total. The maximum absolute atomic E-state index is 11.4. The Morgan fingerprint density at radius 1 is 1.16 bits per heavy atom. The van der Waals surface area contributed by atoms with Gasteiger partial charge in [-0.2, -0.15) is 5.26 Å². The van der Waals surface area contributed by atoms with Crippen molar-refractivity contribution in [3.8, 4) is 28.8 Å². The first kappa shape index (κ1) is 22.2. The number of rotatable bonds is 7. The summed E-state index contributed by atoms with van der Waals surface area (Å²) in [5.41, 5.74) is 1.58. The monoisotopic (exact) mass is 456 g/mol. The standard InChI is InChI=1S/C21H17ClN4O4S/c1-29-16-7-4-11(8-17(16)30-2)18-14(10-23)19(26-21(25-18)31-3)24-12-5-6-15(22)13(9-12)20(27)28/h4-9H,1-3H3,(H,27,28)(H,24,25,26). The highest BCUT2D eigenvalue weighted by atomic mass is 35.5. The van der Waals surface area contributed by atoms with Gasteiger partial charge in [0.1, 0.15) is 11.6 Å². The minimum atomic E-state index is -1.16. The first-order valence-electron chi connectivity index (χ1n) is 8.80. The van der Waals surface area contributed by atoms with Gasteiger partial charge in [0.2, 0.25) is 0 Å². The number of benzene rings is 2. The molecule has 0 aliphatic heterocycles. The van der Waals surface area contributed by atoms with Gasteiger partial charge < -0.3 is 19.9 Å². The van der Waals surface area contributed by atoms with Crippen molar-refractivity contribution in [1.29, 1.82) is 5.26 Å². The molecule has 2 aromatic carbocycles. The number of carbonyl (C=O) groups is 1. The zero-order valence-corrected chi connectivity index (χ0v) is 18.3.